The molecule has 0 saturated heterocycles. The lowest BCUT2D eigenvalue weighted by molar-refractivity contribution is 0.0523. The Bertz CT molecular complexity index is 645. The Morgan fingerprint density at radius 3 is 2.82 bits per heavy atom. The molecule has 1 aromatic carbocycles. The van der Waals surface area contributed by atoms with E-state index in [0.29, 0.717) is 5.69 Å². The van der Waals surface area contributed by atoms with E-state index in [1.807, 2.05) is 52.1 Å². The third kappa shape index (κ3) is 4.47. The zero-order chi connectivity index (χ0) is 16.2. The third-order valence-corrected chi connectivity index (χ3v) is 2.75. The van der Waals surface area contributed by atoms with Crippen LogP contribution in [0.15, 0.2) is 30.5 Å². The number of carbonyl (C=O) groups excluding carboxylic acids is 1. The minimum Gasteiger partial charge on any atom is -0.444 e. The van der Waals surface area contributed by atoms with Crippen molar-refractivity contribution in [2.75, 3.05) is 12.4 Å². The Morgan fingerprint density at radius 2 is 2.14 bits per heavy atom. The average Bonchev–Trinajstić information content (AvgIpc) is 2.92. The minimum absolute atomic E-state index is 0.265. The maximum Gasteiger partial charge on any atom is 0.407 e. The Kier molecular flexibility index (Phi) is 4.65. The van der Waals surface area contributed by atoms with Gasteiger partial charge in [0.2, 0.25) is 0 Å². The van der Waals surface area contributed by atoms with Crippen molar-refractivity contribution < 1.29 is 9.53 Å². The first-order valence-electron chi connectivity index (χ1n) is 7.03. The smallest absolute Gasteiger partial charge is 0.407 e. The Morgan fingerprint density at radius 1 is 1.36 bits per heavy atom. The first-order valence-corrected chi connectivity index (χ1v) is 7.03. The number of aromatic nitrogens is 3. The SMILES string of the molecule is CNc1cccc(-n2cc(CNC(=O)OC(C)(C)C)nn2)c1. The minimum atomic E-state index is -0.519. The molecule has 0 saturated carbocycles. The van der Waals surface area contributed by atoms with Gasteiger partial charge in [-0.1, -0.05) is 11.3 Å². The van der Waals surface area contributed by atoms with E-state index in [9.17, 15) is 4.79 Å². The lowest BCUT2D eigenvalue weighted by Gasteiger charge is -2.19. The van der Waals surface area contributed by atoms with Crippen LogP contribution in [0.1, 0.15) is 26.5 Å². The predicted octanol–water partition coefficient (Wildman–Crippen LogP) is 2.33. The molecule has 0 atom stereocenters. The van der Waals surface area contributed by atoms with E-state index >= 15 is 0 Å². The number of rotatable bonds is 4. The number of amides is 1. The average molecular weight is 303 g/mol. The van der Waals surface area contributed by atoms with Gasteiger partial charge >= 0.3 is 6.09 Å². The van der Waals surface area contributed by atoms with Gasteiger partial charge in [-0.2, -0.15) is 0 Å². The normalized spacial score (nSPS) is 11.1. The van der Waals surface area contributed by atoms with Crippen LogP contribution in [0.4, 0.5) is 10.5 Å². The van der Waals surface area contributed by atoms with Gasteiger partial charge in [0.1, 0.15) is 11.3 Å². The summed E-state index contributed by atoms with van der Waals surface area (Å²) in [7, 11) is 1.86. The van der Waals surface area contributed by atoms with Crippen LogP contribution in [0.25, 0.3) is 5.69 Å². The molecule has 7 heteroatoms. The number of carbonyl (C=O) groups is 1. The van der Waals surface area contributed by atoms with Crippen LogP contribution < -0.4 is 10.6 Å². The van der Waals surface area contributed by atoms with E-state index in [0.717, 1.165) is 11.4 Å². The van der Waals surface area contributed by atoms with E-state index in [1.165, 1.54) is 0 Å². The van der Waals surface area contributed by atoms with E-state index in [4.69, 9.17) is 4.74 Å². The molecule has 118 valence electrons. The van der Waals surface area contributed by atoms with Gasteiger partial charge in [0.15, 0.2) is 0 Å². The zero-order valence-electron chi connectivity index (χ0n) is 13.3. The molecule has 2 N–H and O–H groups in total. The fourth-order valence-corrected chi connectivity index (χ4v) is 1.79. The van der Waals surface area contributed by atoms with Gasteiger partial charge in [-0.25, -0.2) is 9.48 Å². The standard InChI is InChI=1S/C15H21N5O2/c1-15(2,3)22-14(21)17-9-12-10-20(19-18-12)13-7-5-6-11(8-13)16-4/h5-8,10,16H,9H2,1-4H3,(H,17,21). The van der Waals surface area contributed by atoms with Gasteiger partial charge in [-0.05, 0) is 39.0 Å². The molecule has 2 rings (SSSR count). The first-order chi connectivity index (χ1) is 10.4. The molecule has 1 aromatic heterocycles. The molecule has 0 bridgehead atoms. The number of nitrogens with zero attached hydrogens (tertiary/aromatic N) is 3. The number of alkyl carbamates (subject to hydrolysis) is 1. The number of anilines is 1. The number of hydrogen-bond donors (Lipinski definition) is 2. The fraction of sp³-hybridized carbons (Fsp3) is 0.400. The van der Waals surface area contributed by atoms with Crippen molar-refractivity contribution in [3.8, 4) is 5.69 Å². The maximum atomic E-state index is 11.6. The lowest BCUT2D eigenvalue weighted by Crippen LogP contribution is -2.32. The molecular formula is C15H21N5O2. The molecule has 0 fully saturated rings. The van der Waals surface area contributed by atoms with Crippen LogP contribution in [-0.2, 0) is 11.3 Å². The highest BCUT2D eigenvalue weighted by Crippen LogP contribution is 2.13. The van der Waals surface area contributed by atoms with E-state index in [2.05, 4.69) is 20.9 Å². The molecule has 0 aliphatic carbocycles. The monoisotopic (exact) mass is 303 g/mol. The van der Waals surface area contributed by atoms with E-state index in [1.54, 1.807) is 10.9 Å². The summed E-state index contributed by atoms with van der Waals surface area (Å²) < 4.78 is 6.83. The Balaban J connectivity index is 1.98. The summed E-state index contributed by atoms with van der Waals surface area (Å²) in [6.07, 6.45) is 1.30. The summed E-state index contributed by atoms with van der Waals surface area (Å²) in [4.78, 5) is 11.6. The zero-order valence-corrected chi connectivity index (χ0v) is 13.3. The van der Waals surface area contributed by atoms with Gasteiger partial charge in [0.05, 0.1) is 18.4 Å². The largest absolute Gasteiger partial charge is 0.444 e. The van der Waals surface area contributed by atoms with Crippen LogP contribution in [0.5, 0.6) is 0 Å². The van der Waals surface area contributed by atoms with Crippen molar-refractivity contribution in [1.82, 2.24) is 20.3 Å². The van der Waals surface area contributed by atoms with Gasteiger partial charge in [-0.3, -0.25) is 0 Å². The Hall–Kier alpha value is -2.57. The number of benzene rings is 1. The van der Waals surface area contributed by atoms with Crippen molar-refractivity contribution in [2.24, 2.45) is 0 Å². The van der Waals surface area contributed by atoms with Crippen LogP contribution in [0, 0.1) is 0 Å². The van der Waals surface area contributed by atoms with Gasteiger partial charge in [0, 0.05) is 12.7 Å². The summed E-state index contributed by atoms with van der Waals surface area (Å²) in [6, 6.07) is 7.78. The number of hydrogen-bond acceptors (Lipinski definition) is 5. The molecule has 0 aliphatic heterocycles. The molecule has 0 aliphatic rings. The van der Waals surface area contributed by atoms with Gasteiger partial charge in [0.25, 0.3) is 0 Å². The second kappa shape index (κ2) is 6.46. The van der Waals surface area contributed by atoms with Crippen LogP contribution >= 0.6 is 0 Å². The molecular weight excluding hydrogens is 282 g/mol. The molecule has 0 radical (unpaired) electrons. The highest BCUT2D eigenvalue weighted by molar-refractivity contribution is 5.67. The summed E-state index contributed by atoms with van der Waals surface area (Å²) in [5.41, 5.74) is 2.01. The predicted molar refractivity (Wildman–Crippen MR) is 84.0 cm³/mol. The summed E-state index contributed by atoms with van der Waals surface area (Å²) in [5.74, 6) is 0. The number of ether oxygens (including phenoxy) is 1. The van der Waals surface area contributed by atoms with Gasteiger partial charge < -0.3 is 15.4 Å². The second-order valence-corrected chi connectivity index (χ2v) is 5.81. The molecule has 1 heterocycles. The highest BCUT2D eigenvalue weighted by atomic mass is 16.6. The molecule has 22 heavy (non-hydrogen) atoms. The van der Waals surface area contributed by atoms with Crippen LogP contribution in [0.3, 0.4) is 0 Å². The summed E-state index contributed by atoms with van der Waals surface area (Å²) >= 11 is 0. The van der Waals surface area contributed by atoms with Gasteiger partial charge in [-0.15, -0.1) is 5.10 Å². The third-order valence-electron chi connectivity index (χ3n) is 2.75. The van der Waals surface area contributed by atoms with Crippen LogP contribution in [0.2, 0.25) is 0 Å². The lowest BCUT2D eigenvalue weighted by atomic mass is 10.2. The molecule has 0 spiro atoms. The second-order valence-electron chi connectivity index (χ2n) is 5.81. The molecule has 0 unspecified atom stereocenters. The topological polar surface area (TPSA) is 81.1 Å². The quantitative estimate of drug-likeness (QED) is 0.906. The summed E-state index contributed by atoms with van der Waals surface area (Å²) in [5, 5.41) is 13.8. The van der Waals surface area contributed by atoms with Crippen molar-refractivity contribution in [3.05, 3.63) is 36.2 Å². The highest BCUT2D eigenvalue weighted by Gasteiger charge is 2.16. The van der Waals surface area contributed by atoms with Crippen molar-refractivity contribution in [3.63, 3.8) is 0 Å². The van der Waals surface area contributed by atoms with E-state index in [-0.39, 0.29) is 6.54 Å². The fourth-order valence-electron chi connectivity index (χ4n) is 1.79. The van der Waals surface area contributed by atoms with E-state index < -0.39 is 11.7 Å². The molecule has 1 amide bonds. The molecule has 2 aromatic rings. The maximum absolute atomic E-state index is 11.6. The summed E-state index contributed by atoms with van der Waals surface area (Å²) in [6.45, 7) is 5.72. The molecule has 7 nitrogen and oxygen atoms in total. The van der Waals surface area contributed by atoms with Crippen molar-refractivity contribution in [1.29, 1.82) is 0 Å². The number of nitrogens with one attached hydrogen (secondary N) is 2. The van der Waals surface area contributed by atoms with Crippen LogP contribution in [-0.4, -0.2) is 33.7 Å². The first kappa shape index (κ1) is 15.8. The van der Waals surface area contributed by atoms with Crippen molar-refractivity contribution in [2.45, 2.75) is 32.9 Å². The van der Waals surface area contributed by atoms with Crippen molar-refractivity contribution >= 4 is 11.8 Å². The Labute approximate surface area is 129 Å².